The average molecular weight is 375 g/mol. The van der Waals surface area contributed by atoms with Gasteiger partial charge in [0.25, 0.3) is 0 Å². The molecule has 0 N–H and O–H groups in total. The molecule has 0 amide bonds. The van der Waals surface area contributed by atoms with Crippen LogP contribution in [-0.4, -0.2) is 42.2 Å². The Labute approximate surface area is 156 Å². The van der Waals surface area contributed by atoms with Crippen molar-refractivity contribution in [3.8, 4) is 0 Å². The molecular formula is C19H26BNO4S. The van der Waals surface area contributed by atoms with Gasteiger partial charge in [0.05, 0.1) is 21.7 Å². The number of hydrogen-bond acceptors (Lipinski definition) is 5. The summed E-state index contributed by atoms with van der Waals surface area (Å²) in [5.41, 5.74) is 2.14. The summed E-state index contributed by atoms with van der Waals surface area (Å²) in [6.07, 6.45) is 8.59. The zero-order valence-electron chi connectivity index (χ0n) is 15.9. The Hall–Kier alpha value is -1.18. The number of aromatic nitrogens is 1. The number of nitrogens with zero attached hydrogens (tertiary/aromatic N) is 1. The SMILES string of the molecule is CC1(C)OB(c2cncc(C3=CC4CCCC(C3)S4(=O)=O)c2)OC1(C)C. The summed E-state index contributed by atoms with van der Waals surface area (Å²) in [5.74, 6) is 0. The van der Waals surface area contributed by atoms with Crippen LogP contribution in [0.25, 0.3) is 5.57 Å². The van der Waals surface area contributed by atoms with Crippen molar-refractivity contribution in [1.82, 2.24) is 4.98 Å². The van der Waals surface area contributed by atoms with Crippen LogP contribution in [0.15, 0.2) is 24.5 Å². The molecule has 26 heavy (non-hydrogen) atoms. The van der Waals surface area contributed by atoms with Crippen LogP contribution < -0.4 is 5.46 Å². The molecule has 2 bridgehead atoms. The van der Waals surface area contributed by atoms with Gasteiger partial charge in [0.15, 0.2) is 9.84 Å². The Morgan fingerprint density at radius 2 is 1.81 bits per heavy atom. The Morgan fingerprint density at radius 3 is 2.46 bits per heavy atom. The fourth-order valence-corrected chi connectivity index (χ4v) is 6.26. The summed E-state index contributed by atoms with van der Waals surface area (Å²) in [7, 11) is -3.47. The second-order valence-corrected chi connectivity index (χ2v) is 11.1. The summed E-state index contributed by atoms with van der Waals surface area (Å²) < 4.78 is 37.2. The molecule has 4 rings (SSSR count). The van der Waals surface area contributed by atoms with Crippen LogP contribution in [0.5, 0.6) is 0 Å². The fraction of sp³-hybridized carbons (Fsp3) is 0.632. The van der Waals surface area contributed by atoms with E-state index < -0.39 is 28.2 Å². The molecule has 2 unspecified atom stereocenters. The second-order valence-electron chi connectivity index (χ2n) is 8.67. The lowest BCUT2D eigenvalue weighted by atomic mass is 9.79. The molecule has 140 valence electrons. The van der Waals surface area contributed by atoms with Gasteiger partial charge in [0.2, 0.25) is 0 Å². The molecule has 0 saturated carbocycles. The molecule has 2 atom stereocenters. The van der Waals surface area contributed by atoms with E-state index in [4.69, 9.17) is 9.31 Å². The number of fused-ring (bicyclic) bond motifs is 2. The van der Waals surface area contributed by atoms with Crippen LogP contribution in [0.4, 0.5) is 0 Å². The standard InChI is InChI=1S/C19H26BNO4S/c1-18(2)19(3,4)25-20(24-18)15-8-14(11-21-12-15)13-9-16-6-5-7-17(10-13)26(16,22)23/h8-9,11-12,16-17H,5-7,10H2,1-4H3. The molecule has 3 aliphatic heterocycles. The summed E-state index contributed by atoms with van der Waals surface area (Å²) in [6.45, 7) is 8.11. The van der Waals surface area contributed by atoms with Crippen LogP contribution in [-0.2, 0) is 19.1 Å². The minimum Gasteiger partial charge on any atom is -0.399 e. The third-order valence-electron chi connectivity index (χ3n) is 6.39. The molecule has 4 heterocycles. The van der Waals surface area contributed by atoms with Gasteiger partial charge in [-0.25, -0.2) is 8.42 Å². The molecule has 3 aliphatic rings. The van der Waals surface area contributed by atoms with Crippen LogP contribution >= 0.6 is 0 Å². The zero-order valence-corrected chi connectivity index (χ0v) is 16.7. The van der Waals surface area contributed by atoms with Gasteiger partial charge in [-0.3, -0.25) is 4.98 Å². The molecule has 5 nitrogen and oxygen atoms in total. The lowest BCUT2D eigenvalue weighted by Crippen LogP contribution is -2.41. The largest absolute Gasteiger partial charge is 0.496 e. The van der Waals surface area contributed by atoms with Crippen molar-refractivity contribution in [2.45, 2.75) is 75.1 Å². The highest BCUT2D eigenvalue weighted by Gasteiger charge is 2.52. The summed E-state index contributed by atoms with van der Waals surface area (Å²) in [5, 5.41) is -0.591. The predicted molar refractivity (Wildman–Crippen MR) is 103 cm³/mol. The molecule has 1 aromatic rings. The van der Waals surface area contributed by atoms with Gasteiger partial charge >= 0.3 is 7.12 Å². The van der Waals surface area contributed by atoms with E-state index in [9.17, 15) is 8.42 Å². The van der Waals surface area contributed by atoms with E-state index in [1.165, 1.54) is 0 Å². The van der Waals surface area contributed by atoms with E-state index in [1.807, 2.05) is 46.0 Å². The third kappa shape index (κ3) is 2.84. The fourth-order valence-electron chi connectivity index (χ4n) is 4.01. The number of hydrogen-bond donors (Lipinski definition) is 0. The first kappa shape index (κ1) is 18.2. The maximum absolute atomic E-state index is 12.5. The highest BCUT2D eigenvalue weighted by molar-refractivity contribution is 7.93. The van der Waals surface area contributed by atoms with Gasteiger partial charge in [-0.15, -0.1) is 0 Å². The number of sulfone groups is 1. The first-order chi connectivity index (χ1) is 12.1. The monoisotopic (exact) mass is 375 g/mol. The second kappa shape index (κ2) is 5.91. The van der Waals surface area contributed by atoms with Gasteiger partial charge < -0.3 is 9.31 Å². The Balaban J connectivity index is 1.65. The minimum atomic E-state index is -3.01. The average Bonchev–Trinajstić information content (AvgIpc) is 2.74. The summed E-state index contributed by atoms with van der Waals surface area (Å²) in [6, 6.07) is 2.04. The number of rotatable bonds is 2. The first-order valence-electron chi connectivity index (χ1n) is 9.34. The lowest BCUT2D eigenvalue weighted by Gasteiger charge is -2.33. The molecule has 0 aliphatic carbocycles. The molecule has 2 saturated heterocycles. The van der Waals surface area contributed by atoms with Crippen molar-refractivity contribution in [3.63, 3.8) is 0 Å². The maximum atomic E-state index is 12.5. The van der Waals surface area contributed by atoms with Gasteiger partial charge in [-0.05, 0) is 58.1 Å². The molecular weight excluding hydrogens is 349 g/mol. The normalized spacial score (nSPS) is 31.5. The van der Waals surface area contributed by atoms with E-state index in [1.54, 1.807) is 6.20 Å². The van der Waals surface area contributed by atoms with Crippen molar-refractivity contribution < 1.29 is 17.7 Å². The minimum absolute atomic E-state index is 0.248. The molecule has 7 heteroatoms. The highest BCUT2D eigenvalue weighted by atomic mass is 32.2. The predicted octanol–water partition coefficient (Wildman–Crippen LogP) is 2.50. The van der Waals surface area contributed by atoms with Gasteiger partial charge in [-0.2, -0.15) is 0 Å². The van der Waals surface area contributed by atoms with Crippen molar-refractivity contribution in [2.24, 2.45) is 0 Å². The first-order valence-corrected chi connectivity index (χ1v) is 11.0. The molecule has 0 radical (unpaired) electrons. The van der Waals surface area contributed by atoms with Crippen LogP contribution in [0, 0.1) is 0 Å². The maximum Gasteiger partial charge on any atom is 0.496 e. The number of pyridine rings is 1. The third-order valence-corrected chi connectivity index (χ3v) is 8.94. The van der Waals surface area contributed by atoms with Crippen molar-refractivity contribution in [1.29, 1.82) is 0 Å². The van der Waals surface area contributed by atoms with E-state index in [2.05, 4.69) is 4.98 Å². The summed E-state index contributed by atoms with van der Waals surface area (Å²) >= 11 is 0. The van der Waals surface area contributed by atoms with E-state index in [0.29, 0.717) is 6.42 Å². The lowest BCUT2D eigenvalue weighted by molar-refractivity contribution is 0.00578. The van der Waals surface area contributed by atoms with Gasteiger partial charge in [-0.1, -0.05) is 18.6 Å². The van der Waals surface area contributed by atoms with Gasteiger partial charge in [0.1, 0.15) is 0 Å². The molecule has 0 spiro atoms. The quantitative estimate of drug-likeness (QED) is 0.744. The highest BCUT2D eigenvalue weighted by Crippen LogP contribution is 2.39. The van der Waals surface area contributed by atoms with Crippen LogP contribution in [0.3, 0.4) is 0 Å². The van der Waals surface area contributed by atoms with Crippen molar-refractivity contribution >= 4 is 28.0 Å². The Morgan fingerprint density at radius 1 is 1.12 bits per heavy atom. The van der Waals surface area contributed by atoms with Crippen molar-refractivity contribution in [3.05, 3.63) is 30.1 Å². The van der Waals surface area contributed by atoms with E-state index in [0.717, 1.165) is 35.9 Å². The molecule has 1 aromatic heterocycles. The number of allylic oxidation sites excluding steroid dienone is 1. The topological polar surface area (TPSA) is 65.5 Å². The smallest absolute Gasteiger partial charge is 0.399 e. The Bertz CT molecular complexity index is 846. The van der Waals surface area contributed by atoms with Crippen LogP contribution in [0.2, 0.25) is 0 Å². The van der Waals surface area contributed by atoms with E-state index in [-0.39, 0.29) is 10.5 Å². The van der Waals surface area contributed by atoms with E-state index >= 15 is 0 Å². The van der Waals surface area contributed by atoms with Crippen LogP contribution in [0.1, 0.15) is 58.9 Å². The zero-order chi connectivity index (χ0) is 18.7. The Kier molecular flexibility index (Phi) is 4.14. The van der Waals surface area contributed by atoms with Crippen molar-refractivity contribution in [2.75, 3.05) is 0 Å². The summed E-state index contributed by atoms with van der Waals surface area (Å²) in [4.78, 5) is 4.38. The van der Waals surface area contributed by atoms with Gasteiger partial charge in [0, 0.05) is 17.9 Å². The molecule has 2 fully saturated rings. The molecule has 0 aromatic carbocycles.